The maximum Gasteiger partial charge on any atom is 0.175 e. The van der Waals surface area contributed by atoms with Crippen molar-refractivity contribution in [1.82, 2.24) is 14.8 Å². The van der Waals surface area contributed by atoms with E-state index in [1.54, 1.807) is 0 Å². The van der Waals surface area contributed by atoms with E-state index in [1.165, 1.54) is 28.6 Å². The Kier molecular flexibility index (Phi) is 5.60. The molecule has 2 aromatic rings. The fraction of sp³-hybridized carbons (Fsp3) is 0.621. The van der Waals surface area contributed by atoms with Crippen molar-refractivity contribution in [3.05, 3.63) is 46.9 Å². The van der Waals surface area contributed by atoms with E-state index in [0.717, 1.165) is 36.4 Å². The Labute approximate surface area is 217 Å². The van der Waals surface area contributed by atoms with Crippen LogP contribution in [-0.4, -0.2) is 48.2 Å². The van der Waals surface area contributed by atoms with Crippen LogP contribution in [0.25, 0.3) is 6.08 Å². The van der Waals surface area contributed by atoms with Crippen molar-refractivity contribution in [3.8, 4) is 0 Å². The molecule has 3 saturated carbocycles. The molecule has 4 aliphatic carbocycles. The van der Waals surface area contributed by atoms with Crippen LogP contribution in [0.1, 0.15) is 62.9 Å². The fourth-order valence-corrected chi connectivity index (χ4v) is 9.54. The minimum Gasteiger partial charge on any atom is -0.393 e. The normalized spacial score (nSPS) is 39.0. The number of ketones is 1. The fourth-order valence-electron chi connectivity index (χ4n) is 8.64. The Morgan fingerprint density at radius 1 is 1.28 bits per heavy atom. The first-order chi connectivity index (χ1) is 17.1. The lowest BCUT2D eigenvalue weighted by Gasteiger charge is -2.60. The van der Waals surface area contributed by atoms with Crippen LogP contribution in [0.2, 0.25) is 0 Å². The molecule has 0 bridgehead atoms. The van der Waals surface area contributed by atoms with Gasteiger partial charge in [0.05, 0.1) is 28.8 Å². The standard InChI is InChI=1S/C29H37N3O3S/c1-17-6-5-7-25(31-17)36-16-24(34)29(35)11-10-21-20-9-8-19-12-22-18(15-30-32(22)4)13-27(19,2)26(20)23(33)14-28(21,29)3/h5-7,12,15,20-21,23,26,33,35H,8-11,13-14,16H2,1-4H3/t20?,21?,23-,26?,27?,28?,29-/m0/s1. The van der Waals surface area contributed by atoms with E-state index in [1.807, 2.05) is 43.0 Å². The summed E-state index contributed by atoms with van der Waals surface area (Å²) >= 11 is 1.40. The molecule has 192 valence electrons. The Balaban J connectivity index is 1.27. The van der Waals surface area contributed by atoms with E-state index in [-0.39, 0.29) is 28.8 Å². The summed E-state index contributed by atoms with van der Waals surface area (Å²) in [7, 11) is 1.99. The topological polar surface area (TPSA) is 88.2 Å². The number of pyridine rings is 1. The minimum absolute atomic E-state index is 0.114. The Hall–Kier alpha value is -1.96. The summed E-state index contributed by atoms with van der Waals surface area (Å²) in [5.41, 5.74) is 2.66. The molecular formula is C29H37N3O3S. The molecule has 36 heavy (non-hydrogen) atoms. The summed E-state index contributed by atoms with van der Waals surface area (Å²) in [4.78, 5) is 18.1. The predicted molar refractivity (Wildman–Crippen MR) is 140 cm³/mol. The molecule has 3 fully saturated rings. The number of hydrogen-bond acceptors (Lipinski definition) is 6. The van der Waals surface area contributed by atoms with Crippen molar-refractivity contribution in [2.45, 2.75) is 76.0 Å². The molecule has 5 unspecified atom stereocenters. The molecule has 0 amide bonds. The molecule has 0 saturated heterocycles. The molecule has 0 spiro atoms. The molecule has 6 rings (SSSR count). The van der Waals surface area contributed by atoms with Gasteiger partial charge in [0.1, 0.15) is 5.60 Å². The highest BCUT2D eigenvalue weighted by atomic mass is 32.2. The number of hydrogen-bond donors (Lipinski definition) is 2. The molecule has 7 heteroatoms. The highest BCUT2D eigenvalue weighted by Gasteiger charge is 2.68. The monoisotopic (exact) mass is 507 g/mol. The second-order valence-electron chi connectivity index (χ2n) is 12.2. The van der Waals surface area contributed by atoms with Crippen molar-refractivity contribution in [3.63, 3.8) is 0 Å². The first kappa shape index (κ1) is 24.4. The first-order valence-electron chi connectivity index (χ1n) is 13.3. The van der Waals surface area contributed by atoms with Crippen LogP contribution in [0.5, 0.6) is 0 Å². The summed E-state index contributed by atoms with van der Waals surface area (Å²) in [6.45, 7) is 6.34. The van der Waals surface area contributed by atoms with Crippen LogP contribution in [0, 0.1) is 35.5 Å². The Bertz CT molecular complexity index is 1260. The van der Waals surface area contributed by atoms with Crippen LogP contribution in [0.4, 0.5) is 0 Å². The molecule has 0 aliphatic heterocycles. The van der Waals surface area contributed by atoms with Crippen LogP contribution in [0.3, 0.4) is 0 Å². The third-order valence-electron chi connectivity index (χ3n) is 10.4. The number of thioether (sulfide) groups is 1. The van der Waals surface area contributed by atoms with Crippen molar-refractivity contribution in [2.24, 2.45) is 35.6 Å². The van der Waals surface area contributed by atoms with Gasteiger partial charge < -0.3 is 10.2 Å². The smallest absolute Gasteiger partial charge is 0.175 e. The SMILES string of the molecule is Cc1cccc(SCC(=O)[C@@]2(O)CCC3C4CCC5=Cc6c(cnn6C)CC5(C)C4[C@@H](O)CC32C)n1. The van der Waals surface area contributed by atoms with Crippen molar-refractivity contribution in [1.29, 1.82) is 0 Å². The molecule has 2 heterocycles. The third-order valence-corrected chi connectivity index (χ3v) is 11.4. The van der Waals surface area contributed by atoms with Crippen LogP contribution >= 0.6 is 11.8 Å². The lowest BCUT2D eigenvalue weighted by atomic mass is 9.45. The van der Waals surface area contributed by atoms with Crippen LogP contribution in [-0.2, 0) is 18.3 Å². The van der Waals surface area contributed by atoms with E-state index in [4.69, 9.17) is 0 Å². The highest BCUT2D eigenvalue weighted by molar-refractivity contribution is 7.99. The number of fused-ring (bicyclic) bond motifs is 6. The summed E-state index contributed by atoms with van der Waals surface area (Å²) in [5.74, 6) is 0.745. The van der Waals surface area contributed by atoms with E-state index in [9.17, 15) is 15.0 Å². The van der Waals surface area contributed by atoms with E-state index < -0.39 is 17.1 Å². The van der Waals surface area contributed by atoms with Gasteiger partial charge in [-0.1, -0.05) is 37.2 Å². The molecule has 2 N–H and O–H groups in total. The molecule has 7 atom stereocenters. The first-order valence-corrected chi connectivity index (χ1v) is 14.3. The Morgan fingerprint density at radius 3 is 2.86 bits per heavy atom. The lowest BCUT2D eigenvalue weighted by molar-refractivity contribution is -0.177. The second-order valence-corrected chi connectivity index (χ2v) is 13.2. The number of rotatable bonds is 4. The molecule has 4 aliphatic rings. The van der Waals surface area contributed by atoms with E-state index in [0.29, 0.717) is 18.8 Å². The van der Waals surface area contributed by atoms with Gasteiger partial charge >= 0.3 is 0 Å². The predicted octanol–water partition coefficient (Wildman–Crippen LogP) is 4.37. The van der Waals surface area contributed by atoms with Crippen LogP contribution in [0.15, 0.2) is 35.0 Å². The summed E-state index contributed by atoms with van der Waals surface area (Å²) in [6, 6.07) is 5.80. The third kappa shape index (κ3) is 3.35. The Morgan fingerprint density at radius 2 is 2.08 bits per heavy atom. The number of allylic oxidation sites excluding steroid dienone is 1. The zero-order valence-electron chi connectivity index (χ0n) is 21.7. The number of Topliss-reactive ketones (excluding diaryl/α,β-unsaturated/α-hetero) is 1. The average molecular weight is 508 g/mol. The van der Waals surface area contributed by atoms with Gasteiger partial charge in [0.25, 0.3) is 0 Å². The zero-order valence-corrected chi connectivity index (χ0v) is 22.5. The van der Waals surface area contributed by atoms with Crippen LogP contribution < -0.4 is 0 Å². The van der Waals surface area contributed by atoms with Gasteiger partial charge in [-0.3, -0.25) is 9.48 Å². The van der Waals surface area contributed by atoms with E-state index >= 15 is 0 Å². The molecular weight excluding hydrogens is 470 g/mol. The zero-order chi connectivity index (χ0) is 25.5. The summed E-state index contributed by atoms with van der Waals surface area (Å²) < 4.78 is 1.95. The number of aromatic nitrogens is 3. The molecule has 6 nitrogen and oxygen atoms in total. The number of aliphatic hydroxyl groups is 2. The molecule has 2 aromatic heterocycles. The van der Waals surface area contributed by atoms with Crippen molar-refractivity contribution in [2.75, 3.05) is 5.75 Å². The van der Waals surface area contributed by atoms with Gasteiger partial charge in [-0.05, 0) is 92.4 Å². The summed E-state index contributed by atoms with van der Waals surface area (Å²) in [5, 5.41) is 29.0. The van der Waals surface area contributed by atoms with Crippen molar-refractivity contribution >= 4 is 23.6 Å². The second kappa shape index (κ2) is 8.27. The maximum absolute atomic E-state index is 13.6. The van der Waals surface area contributed by atoms with Gasteiger partial charge in [-0.25, -0.2) is 4.98 Å². The number of carbonyl (C=O) groups is 1. The van der Waals surface area contributed by atoms with Gasteiger partial charge in [-0.15, -0.1) is 0 Å². The highest BCUT2D eigenvalue weighted by Crippen LogP contribution is 2.67. The summed E-state index contributed by atoms with van der Waals surface area (Å²) in [6.07, 6.45) is 8.43. The van der Waals surface area contributed by atoms with Gasteiger partial charge in [-0.2, -0.15) is 5.10 Å². The van der Waals surface area contributed by atoms with Gasteiger partial charge in [0.2, 0.25) is 0 Å². The quantitative estimate of drug-likeness (QED) is 0.598. The number of carbonyl (C=O) groups excluding carboxylic acids is 1. The molecule has 0 aromatic carbocycles. The molecule has 0 radical (unpaired) electrons. The average Bonchev–Trinajstić information content (AvgIpc) is 3.31. The number of aryl methyl sites for hydroxylation is 2. The van der Waals surface area contributed by atoms with E-state index in [2.05, 4.69) is 30.0 Å². The maximum atomic E-state index is 13.6. The number of nitrogens with zero attached hydrogens (tertiary/aromatic N) is 3. The minimum atomic E-state index is -1.40. The lowest BCUT2D eigenvalue weighted by Crippen LogP contribution is -2.62. The van der Waals surface area contributed by atoms with Gasteiger partial charge in [0.15, 0.2) is 5.78 Å². The largest absolute Gasteiger partial charge is 0.393 e. The van der Waals surface area contributed by atoms with Gasteiger partial charge in [0, 0.05) is 18.2 Å². The number of aliphatic hydroxyl groups excluding tert-OH is 1. The van der Waals surface area contributed by atoms with Crippen molar-refractivity contribution < 1.29 is 15.0 Å².